The van der Waals surface area contributed by atoms with Gasteiger partial charge in [0.15, 0.2) is 16.3 Å². The first-order chi connectivity index (χ1) is 15.5. The van der Waals surface area contributed by atoms with Gasteiger partial charge in [-0.2, -0.15) is 0 Å². The van der Waals surface area contributed by atoms with Crippen LogP contribution in [0.15, 0.2) is 56.8 Å². The van der Waals surface area contributed by atoms with Gasteiger partial charge in [-0.05, 0) is 49.1 Å². The molecular formula is C23H22N2O5S2. The molecular weight excluding hydrogens is 448 g/mol. The van der Waals surface area contributed by atoms with E-state index in [9.17, 15) is 9.59 Å². The molecule has 0 amide bonds. The topological polar surface area (TPSA) is 79.1 Å². The highest BCUT2D eigenvalue weighted by molar-refractivity contribution is 7.11. The molecule has 0 saturated heterocycles. The average molecular weight is 471 g/mol. The molecule has 0 spiro atoms. The zero-order valence-electron chi connectivity index (χ0n) is 18.1. The molecule has 4 rings (SSSR count). The van der Waals surface area contributed by atoms with Crippen molar-refractivity contribution in [2.45, 2.75) is 19.9 Å². The molecule has 0 saturated carbocycles. The number of aromatic nitrogens is 1. The number of ether oxygens (including phenoxy) is 3. The van der Waals surface area contributed by atoms with E-state index in [4.69, 9.17) is 14.2 Å². The minimum Gasteiger partial charge on any atom is -0.493 e. The number of carbonyl (C=O) groups is 1. The Kier molecular flexibility index (Phi) is 6.29. The lowest BCUT2D eigenvalue weighted by Crippen LogP contribution is -2.39. The summed E-state index contributed by atoms with van der Waals surface area (Å²) in [5.41, 5.74) is 1.33. The average Bonchev–Trinajstić information content (AvgIpc) is 3.40. The number of nitrogens with zero attached hydrogens (tertiary/aromatic N) is 2. The molecule has 3 aromatic rings. The smallest absolute Gasteiger partial charge is 0.338 e. The van der Waals surface area contributed by atoms with E-state index in [0.717, 1.165) is 4.88 Å². The van der Waals surface area contributed by atoms with Crippen LogP contribution in [0.2, 0.25) is 0 Å². The van der Waals surface area contributed by atoms with Crippen LogP contribution in [-0.4, -0.2) is 31.4 Å². The molecule has 2 aromatic heterocycles. The quantitative estimate of drug-likeness (QED) is 0.518. The normalized spacial score (nSPS) is 15.9. The molecule has 1 aliphatic rings. The zero-order chi connectivity index (χ0) is 22.8. The molecule has 0 bridgehead atoms. The van der Waals surface area contributed by atoms with Gasteiger partial charge in [-0.25, -0.2) is 9.79 Å². The minimum absolute atomic E-state index is 0.212. The van der Waals surface area contributed by atoms with Gasteiger partial charge in [0.2, 0.25) is 0 Å². The van der Waals surface area contributed by atoms with Gasteiger partial charge in [-0.1, -0.05) is 23.5 Å². The molecule has 9 heteroatoms. The third kappa shape index (κ3) is 3.89. The SMILES string of the molecule is CCOC(=O)C1=C(C)N=c2s/c(=C/c3cccs3)c(=O)n2[C@H]1c1ccc(OC)c(OC)c1. The first kappa shape index (κ1) is 22.0. The van der Waals surface area contributed by atoms with Crippen molar-refractivity contribution in [2.24, 2.45) is 4.99 Å². The molecule has 1 aromatic carbocycles. The van der Waals surface area contributed by atoms with Crippen molar-refractivity contribution in [3.8, 4) is 11.5 Å². The number of methoxy groups -OCH3 is 2. The van der Waals surface area contributed by atoms with E-state index < -0.39 is 12.0 Å². The monoisotopic (exact) mass is 470 g/mol. The Morgan fingerprint density at radius 1 is 1.22 bits per heavy atom. The maximum Gasteiger partial charge on any atom is 0.338 e. The van der Waals surface area contributed by atoms with Gasteiger partial charge < -0.3 is 14.2 Å². The molecule has 0 N–H and O–H groups in total. The van der Waals surface area contributed by atoms with Gasteiger partial charge in [0.25, 0.3) is 5.56 Å². The highest BCUT2D eigenvalue weighted by Gasteiger charge is 2.33. The summed E-state index contributed by atoms with van der Waals surface area (Å²) in [5.74, 6) is 0.560. The molecule has 0 radical (unpaired) electrons. The molecule has 3 heterocycles. The molecule has 0 unspecified atom stereocenters. The van der Waals surface area contributed by atoms with E-state index in [1.165, 1.54) is 11.3 Å². The third-order valence-electron chi connectivity index (χ3n) is 5.06. The summed E-state index contributed by atoms with van der Waals surface area (Å²) in [4.78, 5) is 32.5. The van der Waals surface area contributed by atoms with Crippen LogP contribution in [-0.2, 0) is 9.53 Å². The summed E-state index contributed by atoms with van der Waals surface area (Å²) in [6.07, 6.45) is 1.85. The van der Waals surface area contributed by atoms with Gasteiger partial charge in [0.05, 0.1) is 42.7 Å². The number of rotatable bonds is 6. The Morgan fingerprint density at radius 2 is 2.00 bits per heavy atom. The van der Waals surface area contributed by atoms with Crippen LogP contribution in [0.5, 0.6) is 11.5 Å². The third-order valence-corrected chi connectivity index (χ3v) is 6.86. The number of fused-ring (bicyclic) bond motifs is 1. The van der Waals surface area contributed by atoms with E-state index in [-0.39, 0.29) is 12.2 Å². The van der Waals surface area contributed by atoms with Crippen molar-refractivity contribution in [2.75, 3.05) is 20.8 Å². The standard InChI is InChI=1S/C23H22N2O5S2/c1-5-30-22(27)19-13(2)24-23-25(21(26)18(32-23)12-15-7-6-10-31-15)20(19)14-8-9-16(28-3)17(11-14)29-4/h6-12,20H,5H2,1-4H3/b18-12+/t20-/m0/s1. The predicted octanol–water partition coefficient (Wildman–Crippen LogP) is 2.88. The highest BCUT2D eigenvalue weighted by atomic mass is 32.1. The van der Waals surface area contributed by atoms with Crippen molar-refractivity contribution in [1.29, 1.82) is 0 Å². The van der Waals surface area contributed by atoms with Crippen LogP contribution in [0.25, 0.3) is 6.08 Å². The number of hydrogen-bond donors (Lipinski definition) is 0. The molecule has 1 atom stereocenters. The number of thiazole rings is 1. The highest BCUT2D eigenvalue weighted by Crippen LogP contribution is 2.36. The second-order valence-electron chi connectivity index (χ2n) is 6.93. The molecule has 0 aliphatic carbocycles. The summed E-state index contributed by atoms with van der Waals surface area (Å²) in [6, 6.07) is 8.54. The number of hydrogen-bond acceptors (Lipinski definition) is 8. The van der Waals surface area contributed by atoms with E-state index in [0.29, 0.717) is 37.7 Å². The van der Waals surface area contributed by atoms with Gasteiger partial charge >= 0.3 is 5.97 Å². The Balaban J connectivity index is 1.98. The largest absolute Gasteiger partial charge is 0.493 e. The van der Waals surface area contributed by atoms with Crippen LogP contribution in [0.4, 0.5) is 0 Å². The summed E-state index contributed by atoms with van der Waals surface area (Å²) < 4.78 is 18.2. The van der Waals surface area contributed by atoms with Crippen molar-refractivity contribution >= 4 is 34.7 Å². The second kappa shape index (κ2) is 9.13. The molecule has 32 heavy (non-hydrogen) atoms. The Bertz CT molecular complexity index is 1370. The number of esters is 1. The molecule has 7 nitrogen and oxygen atoms in total. The van der Waals surface area contributed by atoms with E-state index in [2.05, 4.69) is 4.99 Å². The maximum absolute atomic E-state index is 13.5. The van der Waals surface area contributed by atoms with Gasteiger partial charge in [-0.15, -0.1) is 11.3 Å². The van der Waals surface area contributed by atoms with Crippen LogP contribution in [0.1, 0.15) is 30.3 Å². The summed E-state index contributed by atoms with van der Waals surface area (Å²) >= 11 is 2.85. The fourth-order valence-electron chi connectivity index (χ4n) is 3.63. The van der Waals surface area contributed by atoms with E-state index >= 15 is 0 Å². The van der Waals surface area contributed by atoms with Crippen LogP contribution in [0, 0.1) is 0 Å². The van der Waals surface area contributed by atoms with Gasteiger partial charge in [-0.3, -0.25) is 9.36 Å². The lowest BCUT2D eigenvalue weighted by Gasteiger charge is -2.25. The van der Waals surface area contributed by atoms with E-state index in [1.807, 2.05) is 29.7 Å². The van der Waals surface area contributed by atoms with Crippen molar-refractivity contribution in [3.63, 3.8) is 0 Å². The molecule has 166 valence electrons. The number of thiophene rings is 1. The Labute approximate surface area is 192 Å². The lowest BCUT2D eigenvalue weighted by molar-refractivity contribution is -0.139. The number of allylic oxidation sites excluding steroid dienone is 1. The number of benzene rings is 1. The summed E-state index contributed by atoms with van der Waals surface area (Å²) in [6.45, 7) is 3.73. The first-order valence-corrected chi connectivity index (χ1v) is 11.6. The summed E-state index contributed by atoms with van der Waals surface area (Å²) in [7, 11) is 3.10. The zero-order valence-corrected chi connectivity index (χ0v) is 19.7. The van der Waals surface area contributed by atoms with Crippen molar-refractivity contribution in [1.82, 2.24) is 4.57 Å². The molecule has 0 fully saturated rings. The fraction of sp³-hybridized carbons (Fsp3) is 0.261. The second-order valence-corrected chi connectivity index (χ2v) is 8.92. The first-order valence-electron chi connectivity index (χ1n) is 9.93. The molecule has 1 aliphatic heterocycles. The number of carbonyl (C=O) groups excluding carboxylic acids is 1. The van der Waals surface area contributed by atoms with E-state index in [1.54, 1.807) is 56.1 Å². The minimum atomic E-state index is -0.699. The lowest BCUT2D eigenvalue weighted by atomic mass is 9.95. The fourth-order valence-corrected chi connectivity index (χ4v) is 5.40. The van der Waals surface area contributed by atoms with Crippen molar-refractivity contribution < 1.29 is 19.0 Å². The van der Waals surface area contributed by atoms with Crippen LogP contribution >= 0.6 is 22.7 Å². The van der Waals surface area contributed by atoms with Crippen molar-refractivity contribution in [3.05, 3.63) is 77.1 Å². The summed E-state index contributed by atoms with van der Waals surface area (Å²) in [5, 5.41) is 1.96. The Hall–Kier alpha value is -3.17. The van der Waals surface area contributed by atoms with Crippen LogP contribution in [0.3, 0.4) is 0 Å². The van der Waals surface area contributed by atoms with Gasteiger partial charge in [0.1, 0.15) is 0 Å². The van der Waals surface area contributed by atoms with Gasteiger partial charge in [0, 0.05) is 4.88 Å². The Morgan fingerprint density at radius 3 is 2.66 bits per heavy atom. The maximum atomic E-state index is 13.5. The van der Waals surface area contributed by atoms with Crippen LogP contribution < -0.4 is 24.4 Å². The predicted molar refractivity (Wildman–Crippen MR) is 124 cm³/mol.